The molecule has 0 spiro atoms. The van der Waals surface area contributed by atoms with Crippen LogP contribution in [0.15, 0.2) is 105 Å². The fraction of sp³-hybridized carbons (Fsp3) is 0. The molecule has 1 aliphatic heterocycles. The topological polar surface area (TPSA) is 73.2 Å². The van der Waals surface area contributed by atoms with E-state index in [9.17, 15) is 0 Å². The third-order valence-corrected chi connectivity index (χ3v) is 15.6. The van der Waals surface area contributed by atoms with E-state index in [-0.39, 0.29) is 0 Å². The van der Waals surface area contributed by atoms with Crippen LogP contribution in [0.5, 0.6) is 0 Å². The first kappa shape index (κ1) is 21.8. The van der Waals surface area contributed by atoms with E-state index in [1.807, 2.05) is 91.0 Å². The summed E-state index contributed by atoms with van der Waals surface area (Å²) in [6, 6.07) is 28.5. The van der Waals surface area contributed by atoms with Crippen LogP contribution in [0.3, 0.4) is 0 Å². The van der Waals surface area contributed by atoms with Crippen LogP contribution in [-0.2, 0) is 0 Å². The van der Waals surface area contributed by atoms with E-state index >= 15 is 0 Å². The lowest BCUT2D eigenvalue weighted by atomic mass is 10.3. The molecule has 0 saturated carbocycles. The Hall–Kier alpha value is -1.38. The maximum absolute atomic E-state index is 6.92. The van der Waals surface area contributed by atoms with Gasteiger partial charge in [-0.15, -0.1) is 0 Å². The molecule has 4 rings (SSSR count). The van der Waals surface area contributed by atoms with Crippen molar-refractivity contribution >= 4 is 70.9 Å². The quantitative estimate of drug-likeness (QED) is 0.285. The number of nitrogens with one attached hydrogen (secondary N) is 3. The first-order valence-electron chi connectivity index (χ1n) is 8.86. The molecule has 0 radical (unpaired) electrons. The van der Waals surface area contributed by atoms with Gasteiger partial charge in [-0.2, -0.15) is 13.5 Å². The second-order valence-electron chi connectivity index (χ2n) is 6.28. The molecule has 3 N–H and O–H groups in total. The number of nitrogens with zero attached hydrogens (tertiary/aromatic N) is 3. The Morgan fingerprint density at radius 2 is 0.667 bits per heavy atom. The molecule has 0 aliphatic carbocycles. The van der Waals surface area contributed by atoms with E-state index < -0.39 is 20.1 Å². The average molecular weight is 518 g/mol. The van der Waals surface area contributed by atoms with Crippen molar-refractivity contribution in [3.05, 3.63) is 91.0 Å². The average Bonchev–Trinajstić information content (AvgIpc) is 2.68. The molecule has 1 aliphatic rings. The molecule has 0 saturated heterocycles. The van der Waals surface area contributed by atoms with Gasteiger partial charge in [-0.3, -0.25) is 0 Å². The number of hydrogen-bond acceptors (Lipinski definition) is 6. The molecule has 3 aromatic rings. The van der Waals surface area contributed by atoms with Crippen molar-refractivity contribution in [2.24, 2.45) is 13.5 Å². The highest BCUT2D eigenvalue weighted by molar-refractivity contribution is 8.10. The van der Waals surface area contributed by atoms with Gasteiger partial charge in [-0.25, -0.2) is 0 Å². The monoisotopic (exact) mass is 516 g/mol. The maximum Gasteiger partial charge on any atom is 0.262 e. The Labute approximate surface area is 190 Å². The van der Waals surface area contributed by atoms with E-state index in [1.54, 1.807) is 0 Å². The number of benzene rings is 3. The van der Waals surface area contributed by atoms with Crippen LogP contribution in [0.1, 0.15) is 0 Å². The zero-order valence-electron chi connectivity index (χ0n) is 15.5. The SMILES string of the molecule is ClP1(Nc2ccccc2)=NP(Cl)(Nc2ccccc2)=NP(Cl)(Nc2ccccc2)=N1. The van der Waals surface area contributed by atoms with Crippen LogP contribution >= 0.6 is 53.8 Å². The summed E-state index contributed by atoms with van der Waals surface area (Å²) in [5, 5.41) is 9.69. The highest BCUT2D eigenvalue weighted by Gasteiger charge is 2.35. The molecule has 0 unspecified atom stereocenters. The fourth-order valence-corrected chi connectivity index (χ4v) is 17.5. The first-order chi connectivity index (χ1) is 14.4. The van der Waals surface area contributed by atoms with Gasteiger partial charge in [-0.05, 0) is 70.1 Å². The summed E-state index contributed by atoms with van der Waals surface area (Å²) in [5.41, 5.74) is 2.34. The van der Waals surface area contributed by atoms with Crippen LogP contribution in [0, 0.1) is 0 Å². The van der Waals surface area contributed by atoms with Crippen LogP contribution in [0.25, 0.3) is 0 Å². The highest BCUT2D eigenvalue weighted by Crippen LogP contribution is 2.82. The number of halogens is 3. The minimum atomic E-state index is -3.01. The lowest BCUT2D eigenvalue weighted by molar-refractivity contribution is 1.59. The van der Waals surface area contributed by atoms with Gasteiger partial charge >= 0.3 is 0 Å². The van der Waals surface area contributed by atoms with Crippen LogP contribution in [-0.4, -0.2) is 0 Å². The Bertz CT molecular complexity index is 1020. The van der Waals surface area contributed by atoms with Gasteiger partial charge in [0, 0.05) is 17.1 Å². The Kier molecular flexibility index (Phi) is 6.55. The predicted molar refractivity (Wildman–Crippen MR) is 136 cm³/mol. The molecule has 0 fully saturated rings. The van der Waals surface area contributed by atoms with Gasteiger partial charge in [0.05, 0.1) is 0 Å². The van der Waals surface area contributed by atoms with E-state index in [0.717, 1.165) is 17.1 Å². The molecule has 6 nitrogen and oxygen atoms in total. The van der Waals surface area contributed by atoms with Gasteiger partial charge < -0.3 is 15.3 Å². The van der Waals surface area contributed by atoms with Gasteiger partial charge in [0.15, 0.2) is 0 Å². The molecule has 30 heavy (non-hydrogen) atoms. The molecule has 0 atom stereocenters. The first-order valence-corrected chi connectivity index (χ1v) is 16.7. The summed E-state index contributed by atoms with van der Waals surface area (Å²) in [4.78, 5) is 0. The van der Waals surface area contributed by atoms with E-state index in [4.69, 9.17) is 33.7 Å². The van der Waals surface area contributed by atoms with E-state index in [2.05, 4.69) is 28.8 Å². The van der Waals surface area contributed by atoms with Crippen LogP contribution in [0.4, 0.5) is 17.1 Å². The largest absolute Gasteiger partial charge is 0.323 e. The molecule has 12 heteroatoms. The lowest BCUT2D eigenvalue weighted by Crippen LogP contribution is -1.99. The second-order valence-corrected chi connectivity index (χ2v) is 16.5. The lowest BCUT2D eigenvalue weighted by Gasteiger charge is -2.29. The maximum atomic E-state index is 6.92. The molecule has 1 heterocycles. The van der Waals surface area contributed by atoms with Crippen LogP contribution in [0.2, 0.25) is 0 Å². The number of hydrogen-bond donors (Lipinski definition) is 3. The summed E-state index contributed by atoms with van der Waals surface area (Å²) in [5.74, 6) is 0. The number of para-hydroxylation sites is 3. The van der Waals surface area contributed by atoms with Gasteiger partial charge in [0.1, 0.15) is 0 Å². The van der Waals surface area contributed by atoms with Crippen LogP contribution < -0.4 is 15.3 Å². The molecule has 0 amide bonds. The van der Waals surface area contributed by atoms with Crippen molar-refractivity contribution in [1.29, 1.82) is 0 Å². The summed E-state index contributed by atoms with van der Waals surface area (Å²) < 4.78 is 14.0. The fourth-order valence-electron chi connectivity index (χ4n) is 2.69. The smallest absolute Gasteiger partial charge is 0.262 e. The van der Waals surface area contributed by atoms with Gasteiger partial charge in [0.25, 0.3) is 20.1 Å². The van der Waals surface area contributed by atoms with Crippen molar-refractivity contribution in [3.63, 3.8) is 0 Å². The molecule has 0 aromatic heterocycles. The Balaban J connectivity index is 1.80. The minimum absolute atomic E-state index is 0.779. The summed E-state index contributed by atoms with van der Waals surface area (Å²) in [6.07, 6.45) is 0. The Morgan fingerprint density at radius 3 is 0.900 bits per heavy atom. The minimum Gasteiger partial charge on any atom is -0.323 e. The predicted octanol–water partition coefficient (Wildman–Crippen LogP) is 9.89. The molecular weight excluding hydrogens is 500 g/mol. The van der Waals surface area contributed by atoms with Crippen molar-refractivity contribution in [1.82, 2.24) is 0 Å². The standard InChI is InChI=1S/C18H18Cl3N6P3/c19-28(22-16-10-4-1-5-11-16)25-29(20,23-17-12-6-2-7-13-17)27-30(21,26-28)24-18-14-8-3-9-15-18/h1-15,22-24H. The summed E-state index contributed by atoms with van der Waals surface area (Å²) >= 11 is 20.8. The van der Waals surface area contributed by atoms with Crippen molar-refractivity contribution in [3.8, 4) is 0 Å². The van der Waals surface area contributed by atoms with Crippen molar-refractivity contribution in [2.75, 3.05) is 15.3 Å². The molecule has 156 valence electrons. The zero-order valence-corrected chi connectivity index (χ0v) is 20.4. The molecular formula is C18H18Cl3N6P3. The molecule has 3 aromatic carbocycles. The van der Waals surface area contributed by atoms with Crippen molar-refractivity contribution < 1.29 is 0 Å². The second kappa shape index (κ2) is 9.01. The van der Waals surface area contributed by atoms with Gasteiger partial charge in [-0.1, -0.05) is 54.6 Å². The van der Waals surface area contributed by atoms with E-state index in [1.165, 1.54) is 0 Å². The zero-order chi connectivity index (χ0) is 21.1. The third kappa shape index (κ3) is 5.65. The van der Waals surface area contributed by atoms with Gasteiger partial charge in [0.2, 0.25) is 0 Å². The Morgan fingerprint density at radius 1 is 0.433 bits per heavy atom. The number of rotatable bonds is 6. The molecule has 0 bridgehead atoms. The number of anilines is 3. The summed E-state index contributed by atoms with van der Waals surface area (Å²) in [6.45, 7) is -9.04. The third-order valence-electron chi connectivity index (χ3n) is 3.85. The summed E-state index contributed by atoms with van der Waals surface area (Å²) in [7, 11) is 0. The van der Waals surface area contributed by atoms with E-state index in [0.29, 0.717) is 0 Å². The van der Waals surface area contributed by atoms with Crippen molar-refractivity contribution in [2.45, 2.75) is 0 Å². The normalized spacial score (nSPS) is 27.7. The highest BCUT2D eigenvalue weighted by atomic mass is 35.7.